The average Bonchev–Trinajstić information content (AvgIpc) is 0.722. The van der Waals surface area contributed by atoms with Crippen LogP contribution in [-0.4, -0.2) is 45.5 Å². The van der Waals surface area contributed by atoms with E-state index in [0.29, 0.717) is 0 Å². The second kappa shape index (κ2) is 6.96. The minimum absolute atomic E-state index is 0. The van der Waals surface area contributed by atoms with E-state index in [4.69, 9.17) is 16.0 Å². The molecule has 0 atom stereocenters. The van der Waals surface area contributed by atoms with Gasteiger partial charge in [0, 0.05) is 0 Å². The summed E-state index contributed by atoms with van der Waals surface area (Å²) in [5.41, 5.74) is 0. The van der Waals surface area contributed by atoms with Crippen LogP contribution in [0.25, 0.3) is 0 Å². The average molecular weight is 364 g/mol. The Labute approximate surface area is 112 Å². The molecule has 0 aromatic rings. The molecule has 7 heavy (non-hydrogen) atoms. The molecule has 0 aromatic carbocycles. The topological polar surface area (TPSA) is 80.3 Å². The molecule has 38 valence electrons. The molecule has 0 saturated heterocycles. The van der Waals surface area contributed by atoms with Crippen LogP contribution in [-0.2, 0) is 21.0 Å². The van der Waals surface area contributed by atoms with Gasteiger partial charge in [-0.05, 0) is 0 Å². The van der Waals surface area contributed by atoms with Crippen molar-refractivity contribution in [2.24, 2.45) is 0 Å². The predicted molar refractivity (Wildman–Crippen MR) is 7.13 cm³/mol. The van der Waals surface area contributed by atoms with Gasteiger partial charge in [-0.3, -0.25) is 0 Å². The van der Waals surface area contributed by atoms with Gasteiger partial charge in [-0.1, -0.05) is 0 Å². The van der Waals surface area contributed by atoms with Crippen molar-refractivity contribution < 1.29 is 69.4 Å². The van der Waals surface area contributed by atoms with E-state index < -0.39 is 13.4 Å². The number of hydrogen-bond acceptors (Lipinski definition) is 4. The van der Waals surface area contributed by atoms with E-state index in [2.05, 4.69) is 0 Å². The Morgan fingerprint density at radius 1 is 1.14 bits per heavy atom. The van der Waals surface area contributed by atoms with Crippen LogP contribution in [0.1, 0.15) is 0 Å². The molecule has 1 radical (unpaired) electrons. The summed E-state index contributed by atoms with van der Waals surface area (Å²) >= 11 is -5.62. The smallest absolute Gasteiger partial charge is 2.00 e. The van der Waals surface area contributed by atoms with Crippen molar-refractivity contribution in [3.8, 4) is 0 Å². The summed E-state index contributed by atoms with van der Waals surface area (Å²) in [4.78, 5) is 0. The Morgan fingerprint density at radius 2 is 1.14 bits per heavy atom. The molecule has 0 unspecified atom stereocenters. The van der Waals surface area contributed by atoms with Gasteiger partial charge in [-0.15, -0.1) is 0 Å². The summed E-state index contributed by atoms with van der Waals surface area (Å²) in [6.07, 6.45) is 0. The molecular weight excluding hydrogens is 364 g/mol. The van der Waals surface area contributed by atoms with Gasteiger partial charge in [0.1, 0.15) is 0 Å². The van der Waals surface area contributed by atoms with Crippen molar-refractivity contribution in [3.05, 3.63) is 0 Å². The van der Waals surface area contributed by atoms with E-state index in [9.17, 15) is 0 Å². The Balaban J connectivity index is -0.0000000800. The monoisotopic (exact) mass is 365 g/mol. The van der Waals surface area contributed by atoms with Gasteiger partial charge < -0.3 is 0 Å². The summed E-state index contributed by atoms with van der Waals surface area (Å²) in [5.74, 6) is 0. The van der Waals surface area contributed by atoms with Gasteiger partial charge in [0.2, 0.25) is 0 Å². The van der Waals surface area contributed by atoms with Crippen LogP contribution in [0.5, 0.6) is 0 Å². The van der Waals surface area contributed by atoms with E-state index in [1.165, 1.54) is 0 Å². The van der Waals surface area contributed by atoms with Crippen LogP contribution in [0.2, 0.25) is 0 Å². The van der Waals surface area contributed by atoms with Crippen LogP contribution < -0.4 is 8.38 Å². The van der Waals surface area contributed by atoms with Gasteiger partial charge in [0.05, 0.1) is 0 Å². The normalized spacial score (nSPS) is 8.29. The molecule has 0 amide bonds. The van der Waals surface area contributed by atoms with Crippen LogP contribution in [0.3, 0.4) is 0 Å². The molecule has 7 heteroatoms. The predicted octanol–water partition coefficient (Wildman–Crippen LogP) is -3.00. The third-order valence-electron chi connectivity index (χ3n) is 0. The molecule has 0 heterocycles. The fourth-order valence-electron chi connectivity index (χ4n) is 0. The van der Waals surface area contributed by atoms with Crippen LogP contribution in [0, 0.1) is 39.9 Å². The SMILES string of the molecule is [Gd+3].[O]=[Mn](=[O])([O-])[O-].[Sr+2]. The zero-order valence-electron chi connectivity index (χ0n) is 3.07. The van der Waals surface area contributed by atoms with Crippen molar-refractivity contribution in [2.45, 2.75) is 0 Å². The fraction of sp³-hybridized carbons (Fsp3) is 0. The summed E-state index contributed by atoms with van der Waals surface area (Å²) in [7, 11) is 0. The minimum Gasteiger partial charge on any atom is 2.00 e. The summed E-state index contributed by atoms with van der Waals surface area (Å²) in [6, 6.07) is 0. The number of hydrogen-bond donors (Lipinski definition) is 0. The zero-order valence-corrected chi connectivity index (χ0v) is 10.00. The van der Waals surface area contributed by atoms with Crippen LogP contribution in [0.15, 0.2) is 0 Å². The van der Waals surface area contributed by atoms with E-state index in [-0.39, 0.29) is 85.4 Å². The second-order valence-electron chi connectivity index (χ2n) is 0.378. The zero-order chi connectivity index (χ0) is 4.50. The molecular formula is GdMnO4Sr+3. The van der Waals surface area contributed by atoms with Gasteiger partial charge in [0.25, 0.3) is 0 Å². The first-order valence-electron chi connectivity index (χ1n) is 0.617. The molecule has 4 nitrogen and oxygen atoms in total. The second-order valence-corrected chi connectivity index (χ2v) is 1.56. The third-order valence-corrected chi connectivity index (χ3v) is 0. The maximum atomic E-state index is 8.58. The molecule has 0 saturated carbocycles. The van der Waals surface area contributed by atoms with Crippen molar-refractivity contribution in [1.82, 2.24) is 0 Å². The molecule has 0 N–H and O–H groups in total. The molecule has 0 spiro atoms. The Bertz CT molecular complexity index is 94.9. The van der Waals surface area contributed by atoms with Crippen molar-refractivity contribution in [1.29, 1.82) is 0 Å². The quantitative estimate of drug-likeness (QED) is 0.430. The molecule has 0 bridgehead atoms. The molecule has 0 aromatic heterocycles. The van der Waals surface area contributed by atoms with Crippen molar-refractivity contribution in [2.75, 3.05) is 0 Å². The van der Waals surface area contributed by atoms with E-state index in [1.807, 2.05) is 0 Å². The first-order valence-corrected chi connectivity index (χ1v) is 2.54. The van der Waals surface area contributed by atoms with Gasteiger partial charge >= 0.3 is 115 Å². The fourth-order valence-corrected chi connectivity index (χ4v) is 0. The summed E-state index contributed by atoms with van der Waals surface area (Å²) in [6.45, 7) is 0. The Kier molecular flexibility index (Phi) is 16.3. The molecule has 0 aliphatic carbocycles. The van der Waals surface area contributed by atoms with Crippen LogP contribution >= 0.6 is 0 Å². The van der Waals surface area contributed by atoms with E-state index in [1.54, 1.807) is 0 Å². The largest absolute Gasteiger partial charge is 2.00 e. The van der Waals surface area contributed by atoms with Gasteiger partial charge in [-0.2, -0.15) is 0 Å². The van der Waals surface area contributed by atoms with E-state index >= 15 is 0 Å². The molecule has 0 rings (SSSR count). The summed E-state index contributed by atoms with van der Waals surface area (Å²) in [5, 5.41) is 0. The van der Waals surface area contributed by atoms with Crippen LogP contribution in [0.4, 0.5) is 0 Å². The Hall–Kier alpha value is 2.84. The first-order chi connectivity index (χ1) is 2.00. The van der Waals surface area contributed by atoms with Gasteiger partial charge in [-0.25, -0.2) is 0 Å². The summed E-state index contributed by atoms with van der Waals surface area (Å²) < 4.78 is 34.3. The van der Waals surface area contributed by atoms with E-state index in [0.717, 1.165) is 0 Å². The minimum atomic E-state index is -5.62. The third kappa shape index (κ3) is 51.2. The number of rotatable bonds is 0. The van der Waals surface area contributed by atoms with Gasteiger partial charge in [0.15, 0.2) is 0 Å². The maximum absolute atomic E-state index is 8.58. The maximum Gasteiger partial charge on any atom is 2.00 e. The molecule has 0 aliphatic rings. The van der Waals surface area contributed by atoms with Crippen molar-refractivity contribution >= 4 is 45.5 Å². The van der Waals surface area contributed by atoms with Crippen molar-refractivity contribution in [3.63, 3.8) is 0 Å². The molecule has 0 aliphatic heterocycles. The standard InChI is InChI=1S/Gd.Mn.4O.Sr/q+3;;;;2*-1;+2. The first kappa shape index (κ1) is 16.4. The molecule has 0 fully saturated rings. The Morgan fingerprint density at radius 3 is 1.14 bits per heavy atom.